The molecule has 152 valence electrons. The molecule has 0 atom stereocenters. The predicted molar refractivity (Wildman–Crippen MR) is 127 cm³/mol. The van der Waals surface area contributed by atoms with Crippen LogP contribution in [0.25, 0.3) is 39.4 Å². The standard InChI is InChI=1S/C26H21N3OS/c1-15-11-16(2)24(17(3)12-15)23-10-9-22(25-26(23)29-31-28-25)20-7-5-19(6-8-20)13-21(14-27)18(4)30/h5-13H,1-4H3/b21-13+. The van der Waals surface area contributed by atoms with Crippen LogP contribution in [0.1, 0.15) is 29.2 Å². The third-order valence-corrected chi connectivity index (χ3v) is 5.92. The number of allylic oxidation sites excluding steroid dienone is 1. The summed E-state index contributed by atoms with van der Waals surface area (Å²) in [7, 11) is 0. The van der Waals surface area contributed by atoms with Crippen molar-refractivity contribution in [3.63, 3.8) is 0 Å². The fraction of sp³-hybridized carbons (Fsp3) is 0.154. The predicted octanol–water partition coefficient (Wildman–Crippen LogP) is 6.45. The average Bonchev–Trinajstić information content (AvgIpc) is 3.22. The molecule has 0 amide bonds. The van der Waals surface area contributed by atoms with E-state index in [4.69, 9.17) is 5.26 Å². The maximum absolute atomic E-state index is 11.5. The molecule has 0 bridgehead atoms. The van der Waals surface area contributed by atoms with Crippen LogP contribution < -0.4 is 0 Å². The number of nitriles is 1. The van der Waals surface area contributed by atoms with Crippen LogP contribution in [0.4, 0.5) is 0 Å². The number of ketones is 1. The molecule has 4 aromatic rings. The Morgan fingerprint density at radius 3 is 2.10 bits per heavy atom. The highest BCUT2D eigenvalue weighted by atomic mass is 32.1. The Bertz CT molecular complexity index is 1370. The molecule has 1 aromatic heterocycles. The highest BCUT2D eigenvalue weighted by Gasteiger charge is 2.16. The summed E-state index contributed by atoms with van der Waals surface area (Å²) in [5.41, 5.74) is 10.8. The Morgan fingerprint density at radius 2 is 1.52 bits per heavy atom. The lowest BCUT2D eigenvalue weighted by Crippen LogP contribution is -1.93. The van der Waals surface area contributed by atoms with Crippen molar-refractivity contribution in [2.45, 2.75) is 27.7 Å². The number of rotatable bonds is 4. The van der Waals surface area contributed by atoms with E-state index in [0.717, 1.165) is 33.3 Å². The molecule has 0 N–H and O–H groups in total. The van der Waals surface area contributed by atoms with Crippen molar-refractivity contribution in [2.75, 3.05) is 0 Å². The van der Waals surface area contributed by atoms with Gasteiger partial charge in [-0.2, -0.15) is 14.0 Å². The molecule has 1 heterocycles. The minimum atomic E-state index is -0.237. The van der Waals surface area contributed by atoms with Crippen molar-refractivity contribution in [1.29, 1.82) is 5.26 Å². The molecule has 0 aliphatic heterocycles. The van der Waals surface area contributed by atoms with Gasteiger partial charge >= 0.3 is 0 Å². The second-order valence-electron chi connectivity index (χ2n) is 7.74. The molecule has 5 heteroatoms. The van der Waals surface area contributed by atoms with Crippen molar-refractivity contribution in [3.05, 3.63) is 76.4 Å². The molecule has 0 radical (unpaired) electrons. The number of aromatic nitrogens is 2. The fourth-order valence-corrected chi connectivity index (χ4v) is 4.62. The molecule has 3 aromatic carbocycles. The number of hydrogen-bond acceptors (Lipinski definition) is 5. The number of aryl methyl sites for hydroxylation is 3. The van der Waals surface area contributed by atoms with E-state index in [1.54, 1.807) is 6.08 Å². The van der Waals surface area contributed by atoms with E-state index in [1.165, 1.54) is 40.9 Å². The lowest BCUT2D eigenvalue weighted by atomic mass is 9.91. The number of fused-ring (bicyclic) bond motifs is 1. The molecule has 0 saturated heterocycles. The lowest BCUT2D eigenvalue weighted by Gasteiger charge is -2.13. The van der Waals surface area contributed by atoms with Gasteiger partial charge in [0.1, 0.15) is 17.1 Å². The highest BCUT2D eigenvalue weighted by Crippen LogP contribution is 2.37. The lowest BCUT2D eigenvalue weighted by molar-refractivity contribution is -0.113. The largest absolute Gasteiger partial charge is 0.294 e. The van der Waals surface area contributed by atoms with Crippen LogP contribution in [0.2, 0.25) is 0 Å². The summed E-state index contributed by atoms with van der Waals surface area (Å²) >= 11 is 1.22. The minimum absolute atomic E-state index is 0.145. The molecule has 0 aliphatic rings. The van der Waals surface area contributed by atoms with Gasteiger partial charge in [0.25, 0.3) is 0 Å². The molecule has 31 heavy (non-hydrogen) atoms. The van der Waals surface area contributed by atoms with Gasteiger partial charge in [-0.1, -0.05) is 54.1 Å². The van der Waals surface area contributed by atoms with Gasteiger partial charge in [-0.15, -0.1) is 0 Å². The van der Waals surface area contributed by atoms with Crippen LogP contribution in [0.3, 0.4) is 0 Å². The molecule has 4 rings (SSSR count). The van der Waals surface area contributed by atoms with Crippen LogP contribution in [-0.2, 0) is 4.79 Å². The zero-order valence-corrected chi connectivity index (χ0v) is 18.7. The molecule has 0 saturated carbocycles. The molecule has 0 unspecified atom stereocenters. The third-order valence-electron chi connectivity index (χ3n) is 5.39. The number of hydrogen-bond donors (Lipinski definition) is 0. The number of carbonyl (C=O) groups excluding carboxylic acids is 1. The van der Waals surface area contributed by atoms with Gasteiger partial charge in [-0.3, -0.25) is 4.79 Å². The highest BCUT2D eigenvalue weighted by molar-refractivity contribution is 7.00. The van der Waals surface area contributed by atoms with E-state index >= 15 is 0 Å². The summed E-state index contributed by atoms with van der Waals surface area (Å²) in [6.45, 7) is 7.78. The van der Waals surface area contributed by atoms with E-state index in [-0.39, 0.29) is 11.4 Å². The Hall–Kier alpha value is -3.62. The van der Waals surface area contributed by atoms with Crippen molar-refractivity contribution >= 4 is 34.6 Å². The zero-order chi connectivity index (χ0) is 22.1. The third kappa shape index (κ3) is 3.90. The molecule has 0 aliphatic carbocycles. The number of nitrogens with zero attached hydrogens (tertiary/aromatic N) is 3. The maximum atomic E-state index is 11.5. The Kier molecular flexibility index (Phi) is 5.50. The first-order valence-electron chi connectivity index (χ1n) is 9.95. The van der Waals surface area contributed by atoms with Crippen LogP contribution in [0.15, 0.2) is 54.1 Å². The smallest absolute Gasteiger partial charge is 0.170 e. The van der Waals surface area contributed by atoms with Gasteiger partial charge in [-0.05, 0) is 61.6 Å². The van der Waals surface area contributed by atoms with Gasteiger partial charge in [-0.25, -0.2) is 0 Å². The van der Waals surface area contributed by atoms with Crippen molar-refractivity contribution < 1.29 is 4.79 Å². The summed E-state index contributed by atoms with van der Waals surface area (Å²) in [4.78, 5) is 11.5. The normalized spacial score (nSPS) is 11.5. The minimum Gasteiger partial charge on any atom is -0.294 e. The number of carbonyl (C=O) groups is 1. The summed E-state index contributed by atoms with van der Waals surface area (Å²) in [6.07, 6.45) is 1.61. The first-order valence-corrected chi connectivity index (χ1v) is 10.7. The van der Waals surface area contributed by atoms with Crippen LogP contribution in [0, 0.1) is 32.1 Å². The first kappa shape index (κ1) is 20.6. The fourth-order valence-electron chi connectivity index (χ4n) is 4.04. The average molecular weight is 424 g/mol. The molecule has 4 nitrogen and oxygen atoms in total. The number of Topliss-reactive ketones (excluding diaryl/α,β-unsaturated/α-hetero) is 1. The molecule has 0 fully saturated rings. The number of benzene rings is 3. The van der Waals surface area contributed by atoms with E-state index < -0.39 is 0 Å². The van der Waals surface area contributed by atoms with Crippen LogP contribution in [-0.4, -0.2) is 14.5 Å². The Balaban J connectivity index is 1.80. The monoisotopic (exact) mass is 423 g/mol. The summed E-state index contributed by atoms with van der Waals surface area (Å²) < 4.78 is 9.22. The van der Waals surface area contributed by atoms with Gasteiger partial charge in [0.05, 0.1) is 17.3 Å². The molecule has 0 spiro atoms. The van der Waals surface area contributed by atoms with Gasteiger partial charge in [0.15, 0.2) is 5.78 Å². The van der Waals surface area contributed by atoms with Gasteiger partial charge in [0.2, 0.25) is 0 Å². The van der Waals surface area contributed by atoms with Gasteiger partial charge < -0.3 is 0 Å². The topological polar surface area (TPSA) is 66.6 Å². The zero-order valence-electron chi connectivity index (χ0n) is 17.9. The van der Waals surface area contributed by atoms with E-state index in [9.17, 15) is 4.79 Å². The quantitative estimate of drug-likeness (QED) is 0.279. The second-order valence-corrected chi connectivity index (χ2v) is 8.27. The van der Waals surface area contributed by atoms with Crippen molar-refractivity contribution in [1.82, 2.24) is 8.75 Å². The van der Waals surface area contributed by atoms with E-state index in [2.05, 4.69) is 53.8 Å². The maximum Gasteiger partial charge on any atom is 0.170 e. The first-order chi connectivity index (χ1) is 14.9. The van der Waals surface area contributed by atoms with Crippen molar-refractivity contribution in [3.8, 4) is 28.3 Å². The van der Waals surface area contributed by atoms with Crippen molar-refractivity contribution in [2.24, 2.45) is 0 Å². The summed E-state index contributed by atoms with van der Waals surface area (Å²) in [6, 6.07) is 18.3. The second kappa shape index (κ2) is 8.25. The van der Waals surface area contributed by atoms with Crippen LogP contribution in [0.5, 0.6) is 0 Å². The Morgan fingerprint density at radius 1 is 0.935 bits per heavy atom. The summed E-state index contributed by atoms with van der Waals surface area (Å²) in [5.74, 6) is -0.237. The van der Waals surface area contributed by atoms with E-state index in [1.807, 2.05) is 30.3 Å². The molecular formula is C26H21N3OS. The van der Waals surface area contributed by atoms with E-state index in [0.29, 0.717) is 0 Å². The molecular weight excluding hydrogens is 402 g/mol. The SMILES string of the molecule is CC(=O)/C(C#N)=C/c1ccc(-c2ccc(-c3c(C)cc(C)cc3C)c3nsnc23)cc1. The summed E-state index contributed by atoms with van der Waals surface area (Å²) in [5, 5.41) is 9.11. The Labute approximate surface area is 185 Å². The van der Waals surface area contributed by atoms with Gasteiger partial charge in [0, 0.05) is 11.1 Å². The van der Waals surface area contributed by atoms with Crippen LogP contribution >= 0.6 is 11.7 Å².